The van der Waals surface area contributed by atoms with Crippen molar-refractivity contribution in [3.63, 3.8) is 0 Å². The van der Waals surface area contributed by atoms with E-state index < -0.39 is 26.5 Å². The van der Waals surface area contributed by atoms with Crippen LogP contribution in [0.3, 0.4) is 0 Å². The van der Waals surface area contributed by atoms with Crippen LogP contribution in [0.4, 0.5) is 0 Å². The number of rotatable bonds is 62. The van der Waals surface area contributed by atoms with Crippen molar-refractivity contribution in [2.24, 2.45) is 5.73 Å². The number of unbranched alkanes of at least 4 members (excludes halogenated alkanes) is 31. The molecule has 466 valence electrons. The summed E-state index contributed by atoms with van der Waals surface area (Å²) in [6.45, 7) is 3.54. The molecule has 81 heavy (non-hydrogen) atoms. The highest BCUT2D eigenvalue weighted by Gasteiger charge is 2.26. The summed E-state index contributed by atoms with van der Waals surface area (Å²) >= 11 is 0. The normalized spacial score (nSPS) is 13.7. The Morgan fingerprint density at radius 2 is 0.642 bits per heavy atom. The van der Waals surface area contributed by atoms with Crippen LogP contribution in [0, 0.1) is 0 Å². The van der Waals surface area contributed by atoms with E-state index in [1.54, 1.807) is 0 Å². The van der Waals surface area contributed by atoms with Gasteiger partial charge >= 0.3 is 19.8 Å². The molecule has 9 nitrogen and oxygen atoms in total. The molecule has 2 unspecified atom stereocenters. The van der Waals surface area contributed by atoms with Gasteiger partial charge in [0, 0.05) is 19.4 Å². The fourth-order valence-electron chi connectivity index (χ4n) is 9.30. The summed E-state index contributed by atoms with van der Waals surface area (Å²) < 4.78 is 33.2. The third kappa shape index (κ3) is 65.7. The summed E-state index contributed by atoms with van der Waals surface area (Å²) in [5.41, 5.74) is 5.40. The molecule has 3 N–H and O–H groups in total. The van der Waals surface area contributed by atoms with E-state index in [9.17, 15) is 19.0 Å². The number of esters is 2. The lowest BCUT2D eigenvalue weighted by Crippen LogP contribution is -2.29. The van der Waals surface area contributed by atoms with Crippen molar-refractivity contribution in [2.45, 2.75) is 302 Å². The number of ether oxygens (including phenoxy) is 2. The number of phosphoric ester groups is 1. The molecule has 0 radical (unpaired) electrons. The first kappa shape index (κ1) is 77.7. The van der Waals surface area contributed by atoms with Crippen LogP contribution in [-0.4, -0.2) is 49.3 Å². The molecule has 0 aromatic carbocycles. The van der Waals surface area contributed by atoms with E-state index in [2.05, 4.69) is 123 Å². The van der Waals surface area contributed by atoms with Crippen LogP contribution in [0.5, 0.6) is 0 Å². The Morgan fingerprint density at radius 3 is 0.951 bits per heavy atom. The maximum absolute atomic E-state index is 12.8. The Bertz CT molecular complexity index is 1690. The van der Waals surface area contributed by atoms with Gasteiger partial charge in [0.2, 0.25) is 0 Å². The minimum atomic E-state index is -4.40. The lowest BCUT2D eigenvalue weighted by atomic mass is 10.0. The molecule has 0 fully saturated rings. The number of allylic oxidation sites excluding steroid dienone is 18. The molecule has 0 saturated heterocycles. The minimum absolute atomic E-state index is 0.0505. The molecule has 0 amide bonds. The SMILES string of the molecule is CC/C=C\C/C=C\C/C=C\C/C=C\C/C=C\CCCCCCCCCCCCCCCCCCCCCC(=O)OC(COC(=O)CCCCCCCCCCCCCC/C=C\C/C=C\C/C=C\C/C=C\CC)COP(=O)(O)OCCN. The van der Waals surface area contributed by atoms with Gasteiger partial charge < -0.3 is 20.1 Å². The molecular weight excluding hydrogens is 1030 g/mol. The van der Waals surface area contributed by atoms with Gasteiger partial charge in [0.1, 0.15) is 6.61 Å². The number of carbonyl (C=O) groups excluding carboxylic acids is 2. The maximum Gasteiger partial charge on any atom is 0.472 e. The number of hydrogen-bond acceptors (Lipinski definition) is 8. The fourth-order valence-corrected chi connectivity index (χ4v) is 10.1. The van der Waals surface area contributed by atoms with Crippen molar-refractivity contribution in [1.82, 2.24) is 0 Å². The van der Waals surface area contributed by atoms with Crippen LogP contribution in [0.15, 0.2) is 109 Å². The molecule has 0 aliphatic carbocycles. The average Bonchev–Trinajstić information content (AvgIpc) is 3.46. The highest BCUT2D eigenvalue weighted by molar-refractivity contribution is 7.47. The highest BCUT2D eigenvalue weighted by atomic mass is 31.2. The van der Waals surface area contributed by atoms with Crippen LogP contribution in [0.1, 0.15) is 296 Å². The smallest absolute Gasteiger partial charge is 0.462 e. The van der Waals surface area contributed by atoms with E-state index in [0.717, 1.165) is 96.3 Å². The predicted molar refractivity (Wildman–Crippen MR) is 348 cm³/mol. The van der Waals surface area contributed by atoms with Crippen molar-refractivity contribution in [1.29, 1.82) is 0 Å². The number of carbonyl (C=O) groups is 2. The Hall–Kier alpha value is -3.33. The molecule has 0 rings (SSSR count). The zero-order valence-corrected chi connectivity index (χ0v) is 53.1. The van der Waals surface area contributed by atoms with Gasteiger partial charge in [-0.05, 0) is 96.3 Å². The second kappa shape index (κ2) is 65.8. The predicted octanol–water partition coefficient (Wildman–Crippen LogP) is 21.7. The molecular formula is C71H124NO8P. The van der Waals surface area contributed by atoms with Gasteiger partial charge in [-0.15, -0.1) is 0 Å². The molecule has 0 aliphatic rings. The molecule has 0 heterocycles. The van der Waals surface area contributed by atoms with E-state index in [4.69, 9.17) is 24.3 Å². The van der Waals surface area contributed by atoms with Gasteiger partial charge in [-0.3, -0.25) is 18.6 Å². The van der Waals surface area contributed by atoms with Gasteiger partial charge in [-0.1, -0.05) is 297 Å². The second-order valence-corrected chi connectivity index (χ2v) is 23.4. The van der Waals surface area contributed by atoms with E-state index in [0.29, 0.717) is 6.42 Å². The maximum atomic E-state index is 12.8. The van der Waals surface area contributed by atoms with Gasteiger partial charge in [0.25, 0.3) is 0 Å². The number of phosphoric acid groups is 1. The van der Waals surface area contributed by atoms with E-state index >= 15 is 0 Å². The monoisotopic (exact) mass is 1150 g/mol. The van der Waals surface area contributed by atoms with Crippen LogP contribution in [-0.2, 0) is 32.7 Å². The van der Waals surface area contributed by atoms with E-state index in [1.165, 1.54) is 167 Å². The fraction of sp³-hybridized carbons (Fsp3) is 0.718. The topological polar surface area (TPSA) is 134 Å². The summed E-state index contributed by atoms with van der Waals surface area (Å²) in [7, 11) is -4.40. The second-order valence-electron chi connectivity index (χ2n) is 21.9. The third-order valence-electron chi connectivity index (χ3n) is 14.2. The molecule has 0 aromatic heterocycles. The summed E-state index contributed by atoms with van der Waals surface area (Å²) in [6, 6.07) is 0. The quantitative estimate of drug-likeness (QED) is 0.0264. The minimum Gasteiger partial charge on any atom is -0.462 e. The summed E-state index contributed by atoms with van der Waals surface area (Å²) in [6.07, 6.45) is 90.3. The Morgan fingerprint density at radius 1 is 0.370 bits per heavy atom. The first-order valence-corrected chi connectivity index (χ1v) is 34.9. The van der Waals surface area contributed by atoms with Crippen molar-refractivity contribution in [3.05, 3.63) is 109 Å². The molecule has 0 saturated carbocycles. The zero-order valence-electron chi connectivity index (χ0n) is 52.2. The molecule has 2 atom stereocenters. The van der Waals surface area contributed by atoms with Crippen molar-refractivity contribution in [3.8, 4) is 0 Å². The zero-order chi connectivity index (χ0) is 58.7. The van der Waals surface area contributed by atoms with Gasteiger partial charge in [-0.25, -0.2) is 4.57 Å². The van der Waals surface area contributed by atoms with Crippen molar-refractivity contribution < 1.29 is 37.6 Å². The van der Waals surface area contributed by atoms with Gasteiger partial charge in [0.05, 0.1) is 13.2 Å². The van der Waals surface area contributed by atoms with Crippen LogP contribution < -0.4 is 5.73 Å². The summed E-state index contributed by atoms with van der Waals surface area (Å²) in [5.74, 6) is -0.823. The van der Waals surface area contributed by atoms with E-state index in [1.807, 2.05) is 0 Å². The van der Waals surface area contributed by atoms with Crippen molar-refractivity contribution in [2.75, 3.05) is 26.4 Å². The third-order valence-corrected chi connectivity index (χ3v) is 15.1. The first-order valence-electron chi connectivity index (χ1n) is 33.4. The van der Waals surface area contributed by atoms with Gasteiger partial charge in [0.15, 0.2) is 6.10 Å². The number of nitrogens with two attached hydrogens (primary N) is 1. The Balaban J connectivity index is 3.88. The van der Waals surface area contributed by atoms with Crippen LogP contribution in [0.25, 0.3) is 0 Å². The van der Waals surface area contributed by atoms with E-state index in [-0.39, 0.29) is 38.6 Å². The highest BCUT2D eigenvalue weighted by Crippen LogP contribution is 2.43. The molecule has 10 heteroatoms. The van der Waals surface area contributed by atoms with Crippen molar-refractivity contribution >= 4 is 19.8 Å². The largest absolute Gasteiger partial charge is 0.472 e. The van der Waals surface area contributed by atoms with Crippen LogP contribution in [0.2, 0.25) is 0 Å². The Labute approximate surface area is 499 Å². The lowest BCUT2D eigenvalue weighted by Gasteiger charge is -2.19. The average molecular weight is 1150 g/mol. The molecule has 0 bridgehead atoms. The first-order chi connectivity index (χ1) is 39.8. The molecule has 0 spiro atoms. The molecule has 0 aliphatic heterocycles. The lowest BCUT2D eigenvalue weighted by molar-refractivity contribution is -0.161. The number of hydrogen-bond donors (Lipinski definition) is 2. The standard InChI is InChI=1S/C71H124NO8P/c1-3-5-7-9-11-13-15-17-19-21-23-25-27-29-30-31-32-33-34-35-36-37-38-40-42-44-46-48-50-52-54-56-58-60-62-64-71(74)80-69(68-79-81(75,76)78-66-65-72)67-77-70(73)63-61-59-57-55-53-51-49-47-45-43-41-39-28-26-24-22-20-18-16-14-12-10-8-6-4-2/h5-8,11-14,17-20,23-26,29-30,69H,3-4,9-10,15-16,21-22,27-28,31-68,72H2,1-2H3,(H,75,76)/b7-5-,8-6-,13-11-,14-12-,19-17-,20-18-,25-23-,26-24-,30-29-. The summed E-state index contributed by atoms with van der Waals surface area (Å²) in [5, 5.41) is 0. The van der Waals surface area contributed by atoms with Crippen LogP contribution >= 0.6 is 7.82 Å². The van der Waals surface area contributed by atoms with Gasteiger partial charge in [-0.2, -0.15) is 0 Å². The summed E-state index contributed by atoms with van der Waals surface area (Å²) in [4.78, 5) is 35.3. The Kier molecular flexibility index (Phi) is 63.1. The molecule has 0 aromatic rings.